The number of nitrogens with zero attached hydrogens (tertiary/aromatic N) is 2. The van der Waals surface area contributed by atoms with Gasteiger partial charge in [0.05, 0.1) is 0 Å². The third-order valence-corrected chi connectivity index (χ3v) is 2.79. The van der Waals surface area contributed by atoms with Crippen LogP contribution in [0.25, 0.3) is 0 Å². The molecule has 82 valence electrons. The lowest BCUT2D eigenvalue weighted by Gasteiger charge is -2.18. The van der Waals surface area contributed by atoms with Crippen molar-refractivity contribution in [3.05, 3.63) is 18.0 Å². The molecule has 2 rings (SSSR count). The lowest BCUT2D eigenvalue weighted by atomic mass is 9.89. The molecule has 0 atom stereocenters. The summed E-state index contributed by atoms with van der Waals surface area (Å²) < 4.78 is 5.66. The quantitative estimate of drug-likeness (QED) is 0.746. The molecular weight excluding hydrogens is 188 g/mol. The number of rotatable bonds is 2. The summed E-state index contributed by atoms with van der Waals surface area (Å²) in [5.74, 6) is 0. The molecule has 0 N–H and O–H groups in total. The maximum atomic E-state index is 5.66. The van der Waals surface area contributed by atoms with Crippen LogP contribution in [0.4, 0.5) is 0 Å². The molecule has 1 saturated carbocycles. The third kappa shape index (κ3) is 2.46. The first-order valence-corrected chi connectivity index (χ1v) is 5.41. The molecular formula is C12H18N2O. The molecule has 0 aromatic carbocycles. The van der Waals surface area contributed by atoms with Crippen molar-refractivity contribution >= 4 is 0 Å². The van der Waals surface area contributed by atoms with Gasteiger partial charge in [0, 0.05) is 12.4 Å². The molecule has 1 aromatic rings. The van der Waals surface area contributed by atoms with E-state index in [1.807, 2.05) is 12.4 Å². The van der Waals surface area contributed by atoms with Crippen molar-refractivity contribution in [2.75, 3.05) is 0 Å². The summed E-state index contributed by atoms with van der Waals surface area (Å²) in [4.78, 5) is 8.47. The second kappa shape index (κ2) is 3.19. The highest BCUT2D eigenvalue weighted by Gasteiger charge is 2.40. The van der Waals surface area contributed by atoms with Gasteiger partial charge < -0.3 is 4.74 Å². The van der Waals surface area contributed by atoms with Gasteiger partial charge in [-0.15, -0.1) is 0 Å². The standard InChI is InChI=1S/C12H18N2O/c1-11(2,3)9-7-13-10(14-8-9)15-12(4)5-6-12/h7-8H,5-6H2,1-4H3. The Bertz CT molecular complexity index is 347. The average molecular weight is 206 g/mol. The second-order valence-electron chi connectivity index (χ2n) is 5.56. The zero-order valence-electron chi connectivity index (χ0n) is 9.87. The number of hydrogen-bond donors (Lipinski definition) is 0. The van der Waals surface area contributed by atoms with Crippen LogP contribution in [0.3, 0.4) is 0 Å². The molecule has 1 heterocycles. The van der Waals surface area contributed by atoms with Gasteiger partial charge in [0.15, 0.2) is 0 Å². The maximum absolute atomic E-state index is 5.66. The van der Waals surface area contributed by atoms with E-state index in [1.54, 1.807) is 0 Å². The van der Waals surface area contributed by atoms with E-state index >= 15 is 0 Å². The van der Waals surface area contributed by atoms with Crippen molar-refractivity contribution in [3.63, 3.8) is 0 Å². The minimum Gasteiger partial charge on any atom is -0.457 e. The van der Waals surface area contributed by atoms with Crippen molar-refractivity contribution < 1.29 is 4.74 Å². The lowest BCUT2D eigenvalue weighted by molar-refractivity contribution is 0.182. The van der Waals surface area contributed by atoms with Crippen molar-refractivity contribution in [1.29, 1.82) is 0 Å². The summed E-state index contributed by atoms with van der Waals surface area (Å²) in [6.45, 7) is 8.53. The third-order valence-electron chi connectivity index (χ3n) is 2.79. The van der Waals surface area contributed by atoms with Gasteiger partial charge in [-0.2, -0.15) is 0 Å². The van der Waals surface area contributed by atoms with E-state index in [2.05, 4.69) is 37.7 Å². The Balaban J connectivity index is 2.10. The van der Waals surface area contributed by atoms with Gasteiger partial charge in [-0.05, 0) is 30.7 Å². The van der Waals surface area contributed by atoms with E-state index in [-0.39, 0.29) is 11.0 Å². The average Bonchev–Trinajstić information content (AvgIpc) is 2.82. The first kappa shape index (κ1) is 10.4. The summed E-state index contributed by atoms with van der Waals surface area (Å²) in [7, 11) is 0. The van der Waals surface area contributed by atoms with Crippen LogP contribution >= 0.6 is 0 Å². The zero-order valence-corrected chi connectivity index (χ0v) is 9.87. The molecule has 0 amide bonds. The minimum atomic E-state index is 0.00322. The highest BCUT2D eigenvalue weighted by molar-refractivity contribution is 5.17. The monoisotopic (exact) mass is 206 g/mol. The normalized spacial score (nSPS) is 18.7. The zero-order chi connectivity index (χ0) is 11.1. The Labute approximate surface area is 90.9 Å². The van der Waals surface area contributed by atoms with Crippen LogP contribution in [-0.4, -0.2) is 15.6 Å². The molecule has 1 aromatic heterocycles. The number of ether oxygens (including phenoxy) is 1. The van der Waals surface area contributed by atoms with Gasteiger partial charge in [0.25, 0.3) is 0 Å². The van der Waals surface area contributed by atoms with E-state index in [9.17, 15) is 0 Å². The maximum Gasteiger partial charge on any atom is 0.316 e. The molecule has 3 heteroatoms. The van der Waals surface area contributed by atoms with Crippen molar-refractivity contribution in [2.45, 2.75) is 51.6 Å². The Morgan fingerprint density at radius 3 is 2.13 bits per heavy atom. The molecule has 3 nitrogen and oxygen atoms in total. The molecule has 1 fully saturated rings. The summed E-state index contributed by atoms with van der Waals surface area (Å²) in [5.41, 5.74) is 1.24. The van der Waals surface area contributed by atoms with E-state index < -0.39 is 0 Å². The number of hydrogen-bond acceptors (Lipinski definition) is 3. The molecule has 15 heavy (non-hydrogen) atoms. The first-order chi connectivity index (χ1) is 6.89. The van der Waals surface area contributed by atoms with Crippen molar-refractivity contribution in [1.82, 2.24) is 9.97 Å². The fraction of sp³-hybridized carbons (Fsp3) is 0.667. The van der Waals surface area contributed by atoms with Crippen LogP contribution in [0, 0.1) is 0 Å². The summed E-state index contributed by atoms with van der Waals surface area (Å²) in [6, 6.07) is 0.503. The molecule has 0 spiro atoms. The molecule has 1 aliphatic carbocycles. The molecule has 0 unspecified atom stereocenters. The van der Waals surface area contributed by atoms with Crippen molar-refractivity contribution in [2.24, 2.45) is 0 Å². The highest BCUT2D eigenvalue weighted by Crippen LogP contribution is 2.38. The van der Waals surface area contributed by atoms with Gasteiger partial charge >= 0.3 is 6.01 Å². The van der Waals surface area contributed by atoms with E-state index in [1.165, 1.54) is 0 Å². The van der Waals surface area contributed by atoms with E-state index in [0.717, 1.165) is 18.4 Å². The van der Waals surface area contributed by atoms with Crippen LogP contribution in [0.1, 0.15) is 46.1 Å². The smallest absolute Gasteiger partial charge is 0.316 e. The summed E-state index contributed by atoms with van der Waals surface area (Å²) in [5, 5.41) is 0. The minimum absolute atomic E-state index is 0.00322. The van der Waals surface area contributed by atoms with Gasteiger partial charge in [0.1, 0.15) is 5.60 Å². The van der Waals surface area contributed by atoms with Gasteiger partial charge in [0.2, 0.25) is 0 Å². The van der Waals surface area contributed by atoms with E-state index in [4.69, 9.17) is 4.74 Å². The fourth-order valence-electron chi connectivity index (χ4n) is 1.25. The molecule has 0 bridgehead atoms. The predicted molar refractivity (Wildman–Crippen MR) is 59.0 cm³/mol. The van der Waals surface area contributed by atoms with Crippen LogP contribution < -0.4 is 4.74 Å². The fourth-order valence-corrected chi connectivity index (χ4v) is 1.25. The van der Waals surface area contributed by atoms with Gasteiger partial charge in [-0.25, -0.2) is 9.97 Å². The molecule has 1 aliphatic rings. The predicted octanol–water partition coefficient (Wildman–Crippen LogP) is 2.71. The van der Waals surface area contributed by atoms with Crippen molar-refractivity contribution in [3.8, 4) is 6.01 Å². The topological polar surface area (TPSA) is 35.0 Å². The Morgan fingerprint density at radius 2 is 1.73 bits per heavy atom. The largest absolute Gasteiger partial charge is 0.457 e. The lowest BCUT2D eigenvalue weighted by Crippen LogP contribution is -2.16. The van der Waals surface area contributed by atoms with Crippen LogP contribution in [0.2, 0.25) is 0 Å². The summed E-state index contributed by atoms with van der Waals surface area (Å²) >= 11 is 0. The highest BCUT2D eigenvalue weighted by atomic mass is 16.5. The van der Waals surface area contributed by atoms with Crippen LogP contribution in [0.15, 0.2) is 12.4 Å². The van der Waals surface area contributed by atoms with Gasteiger partial charge in [-0.1, -0.05) is 20.8 Å². The molecule has 0 aliphatic heterocycles. The second-order valence-corrected chi connectivity index (χ2v) is 5.56. The Kier molecular flexibility index (Phi) is 2.21. The van der Waals surface area contributed by atoms with E-state index in [0.29, 0.717) is 6.01 Å². The molecule has 0 radical (unpaired) electrons. The molecule has 0 saturated heterocycles. The summed E-state index contributed by atoms with van der Waals surface area (Å²) in [6.07, 6.45) is 5.93. The first-order valence-electron chi connectivity index (χ1n) is 5.41. The number of aromatic nitrogens is 2. The Morgan fingerprint density at radius 1 is 1.20 bits per heavy atom. The SMILES string of the molecule is CC1(Oc2ncc(C(C)(C)C)cn2)CC1. The van der Waals surface area contributed by atoms with Gasteiger partial charge in [-0.3, -0.25) is 0 Å². The van der Waals surface area contributed by atoms with Crippen LogP contribution in [-0.2, 0) is 5.41 Å². The Hall–Kier alpha value is -1.12. The van der Waals surface area contributed by atoms with Crippen LogP contribution in [0.5, 0.6) is 6.01 Å².